The SMILES string of the molecule is CC(C)C(=O)N[C@H](C)[C@@H](c1cccs1)[NH+]1CCN(c2ccc(F)cc2)CC1. The number of benzene rings is 1. The highest BCUT2D eigenvalue weighted by molar-refractivity contribution is 7.10. The van der Waals surface area contributed by atoms with Gasteiger partial charge in [0.15, 0.2) is 0 Å². The van der Waals surface area contributed by atoms with Gasteiger partial charge < -0.3 is 15.1 Å². The topological polar surface area (TPSA) is 36.8 Å². The summed E-state index contributed by atoms with van der Waals surface area (Å²) in [4.78, 5) is 17.3. The highest BCUT2D eigenvalue weighted by atomic mass is 32.1. The molecule has 2 atom stereocenters. The van der Waals surface area contributed by atoms with E-state index < -0.39 is 0 Å². The average molecular weight is 391 g/mol. The van der Waals surface area contributed by atoms with Crippen LogP contribution in [0, 0.1) is 11.7 Å². The minimum absolute atomic E-state index is 0.0123. The lowest BCUT2D eigenvalue weighted by molar-refractivity contribution is -0.933. The smallest absolute Gasteiger partial charge is 0.222 e. The molecule has 0 unspecified atom stereocenters. The Balaban J connectivity index is 1.69. The number of carbonyl (C=O) groups is 1. The lowest BCUT2D eigenvalue weighted by Gasteiger charge is -2.39. The number of piperazine rings is 1. The van der Waals surface area contributed by atoms with E-state index in [9.17, 15) is 9.18 Å². The van der Waals surface area contributed by atoms with Crippen molar-refractivity contribution in [2.24, 2.45) is 5.92 Å². The number of carbonyl (C=O) groups excluding carboxylic acids is 1. The molecule has 4 nitrogen and oxygen atoms in total. The molecule has 1 fully saturated rings. The van der Waals surface area contributed by atoms with Gasteiger partial charge in [0.2, 0.25) is 5.91 Å². The van der Waals surface area contributed by atoms with Gasteiger partial charge in [-0.25, -0.2) is 4.39 Å². The average Bonchev–Trinajstić information content (AvgIpc) is 3.17. The third kappa shape index (κ3) is 4.87. The lowest BCUT2D eigenvalue weighted by Crippen LogP contribution is -3.16. The van der Waals surface area contributed by atoms with Crippen LogP contribution in [0.5, 0.6) is 0 Å². The summed E-state index contributed by atoms with van der Waals surface area (Å²) in [5.41, 5.74) is 1.07. The van der Waals surface area contributed by atoms with Crippen molar-refractivity contribution in [2.75, 3.05) is 31.1 Å². The highest BCUT2D eigenvalue weighted by Crippen LogP contribution is 2.21. The van der Waals surface area contributed by atoms with E-state index in [-0.39, 0.29) is 29.7 Å². The van der Waals surface area contributed by atoms with E-state index in [0.717, 1.165) is 31.9 Å². The molecule has 0 saturated carbocycles. The molecule has 2 N–H and O–H groups in total. The zero-order chi connectivity index (χ0) is 19.4. The molecule has 2 aromatic rings. The minimum Gasteiger partial charge on any atom is -0.360 e. The lowest BCUT2D eigenvalue weighted by atomic mass is 10.0. The molecular formula is C21H29FN3OS+. The molecule has 1 aromatic carbocycles. The molecule has 1 aliphatic rings. The van der Waals surface area contributed by atoms with Crippen molar-refractivity contribution in [3.05, 3.63) is 52.5 Å². The van der Waals surface area contributed by atoms with Crippen LogP contribution in [-0.2, 0) is 4.79 Å². The Morgan fingerprint density at radius 3 is 2.37 bits per heavy atom. The first-order valence-corrected chi connectivity index (χ1v) is 10.5. The van der Waals surface area contributed by atoms with Crippen LogP contribution in [0.25, 0.3) is 0 Å². The molecule has 27 heavy (non-hydrogen) atoms. The number of amides is 1. The molecule has 2 heterocycles. The first-order valence-electron chi connectivity index (χ1n) is 9.64. The van der Waals surface area contributed by atoms with Gasteiger partial charge in [-0.15, -0.1) is 11.3 Å². The van der Waals surface area contributed by atoms with Crippen LogP contribution in [-0.4, -0.2) is 38.1 Å². The van der Waals surface area contributed by atoms with Crippen molar-refractivity contribution < 1.29 is 14.1 Å². The minimum atomic E-state index is -0.199. The largest absolute Gasteiger partial charge is 0.360 e. The van der Waals surface area contributed by atoms with Crippen molar-refractivity contribution in [3.8, 4) is 0 Å². The van der Waals surface area contributed by atoms with E-state index in [0.29, 0.717) is 0 Å². The Labute approximate surface area is 165 Å². The van der Waals surface area contributed by atoms with Gasteiger partial charge in [0, 0.05) is 11.6 Å². The molecule has 1 saturated heterocycles. The molecule has 3 rings (SSSR count). The Bertz CT molecular complexity index is 724. The number of halogens is 1. The quantitative estimate of drug-likeness (QED) is 0.795. The number of quaternary nitrogens is 1. The Hall–Kier alpha value is -1.92. The molecular weight excluding hydrogens is 361 g/mol. The monoisotopic (exact) mass is 390 g/mol. The number of rotatable bonds is 6. The normalized spacial score (nSPS) is 17.7. The van der Waals surface area contributed by atoms with E-state index in [2.05, 4.69) is 34.7 Å². The van der Waals surface area contributed by atoms with Crippen molar-refractivity contribution in [2.45, 2.75) is 32.9 Å². The second-order valence-corrected chi connectivity index (χ2v) is 8.55. The van der Waals surface area contributed by atoms with Crippen LogP contribution in [0.4, 0.5) is 10.1 Å². The molecule has 1 amide bonds. The number of nitrogens with one attached hydrogen (secondary N) is 2. The maximum absolute atomic E-state index is 13.2. The van der Waals surface area contributed by atoms with Crippen molar-refractivity contribution in [1.82, 2.24) is 5.32 Å². The molecule has 146 valence electrons. The number of hydrogen-bond acceptors (Lipinski definition) is 3. The third-order valence-electron chi connectivity index (χ3n) is 5.28. The summed E-state index contributed by atoms with van der Waals surface area (Å²) in [6.45, 7) is 9.79. The fourth-order valence-electron chi connectivity index (χ4n) is 3.76. The number of anilines is 1. The highest BCUT2D eigenvalue weighted by Gasteiger charge is 2.34. The van der Waals surface area contributed by atoms with Crippen LogP contribution in [0.2, 0.25) is 0 Å². The summed E-state index contributed by atoms with van der Waals surface area (Å²) in [6, 6.07) is 11.3. The van der Waals surface area contributed by atoms with Crippen LogP contribution in [0.15, 0.2) is 41.8 Å². The molecule has 0 aliphatic carbocycles. The van der Waals surface area contributed by atoms with Gasteiger partial charge in [0.1, 0.15) is 11.9 Å². The van der Waals surface area contributed by atoms with Crippen LogP contribution >= 0.6 is 11.3 Å². The molecule has 1 aliphatic heterocycles. The van der Waals surface area contributed by atoms with Crippen LogP contribution < -0.4 is 15.1 Å². The predicted octanol–water partition coefficient (Wildman–Crippen LogP) is 2.49. The Morgan fingerprint density at radius 2 is 1.81 bits per heavy atom. The van der Waals surface area contributed by atoms with Gasteiger partial charge in [-0.1, -0.05) is 19.9 Å². The first-order chi connectivity index (χ1) is 13.0. The fraction of sp³-hybridized carbons (Fsp3) is 0.476. The second kappa shape index (κ2) is 8.85. The molecule has 0 bridgehead atoms. The Kier molecular flexibility index (Phi) is 6.50. The van der Waals surface area contributed by atoms with Gasteiger partial charge in [-0.2, -0.15) is 0 Å². The third-order valence-corrected chi connectivity index (χ3v) is 6.24. The standard InChI is InChI=1S/C21H28FN3OS/c1-15(2)21(26)23-16(3)20(19-5-4-14-27-19)25-12-10-24(11-13-25)18-8-6-17(22)7-9-18/h4-9,14-16,20H,10-13H2,1-3H3,(H,23,26)/p+1/t16-,20+/m1/s1. The van der Waals surface area contributed by atoms with Crippen molar-refractivity contribution in [3.63, 3.8) is 0 Å². The predicted molar refractivity (Wildman–Crippen MR) is 109 cm³/mol. The molecule has 0 spiro atoms. The molecule has 1 aromatic heterocycles. The number of nitrogens with zero attached hydrogens (tertiary/aromatic N) is 1. The van der Waals surface area contributed by atoms with E-state index >= 15 is 0 Å². The van der Waals surface area contributed by atoms with Crippen LogP contribution in [0.1, 0.15) is 31.7 Å². The molecule has 0 radical (unpaired) electrons. The van der Waals surface area contributed by atoms with Gasteiger partial charge in [-0.05, 0) is 42.6 Å². The van der Waals surface area contributed by atoms with Crippen molar-refractivity contribution in [1.29, 1.82) is 0 Å². The zero-order valence-electron chi connectivity index (χ0n) is 16.2. The summed E-state index contributed by atoms with van der Waals surface area (Å²) in [7, 11) is 0. The van der Waals surface area contributed by atoms with Crippen LogP contribution in [0.3, 0.4) is 0 Å². The van der Waals surface area contributed by atoms with Gasteiger partial charge in [0.25, 0.3) is 0 Å². The van der Waals surface area contributed by atoms with Crippen molar-refractivity contribution >= 4 is 22.9 Å². The van der Waals surface area contributed by atoms with E-state index in [1.165, 1.54) is 21.9 Å². The summed E-state index contributed by atoms with van der Waals surface area (Å²) >= 11 is 1.76. The summed E-state index contributed by atoms with van der Waals surface area (Å²) in [5.74, 6) is -0.106. The van der Waals surface area contributed by atoms with Gasteiger partial charge in [-0.3, -0.25) is 4.79 Å². The maximum Gasteiger partial charge on any atom is 0.222 e. The zero-order valence-corrected chi connectivity index (χ0v) is 17.1. The number of hydrogen-bond donors (Lipinski definition) is 2. The first kappa shape index (κ1) is 19.8. The van der Waals surface area contributed by atoms with E-state index in [1.54, 1.807) is 11.3 Å². The summed E-state index contributed by atoms with van der Waals surface area (Å²) < 4.78 is 13.2. The summed E-state index contributed by atoms with van der Waals surface area (Å²) in [5, 5.41) is 5.31. The Morgan fingerprint density at radius 1 is 1.15 bits per heavy atom. The summed E-state index contributed by atoms with van der Waals surface area (Å²) in [6.07, 6.45) is 0. The van der Waals surface area contributed by atoms with Gasteiger partial charge in [0.05, 0.1) is 37.1 Å². The van der Waals surface area contributed by atoms with E-state index in [4.69, 9.17) is 0 Å². The van der Waals surface area contributed by atoms with Gasteiger partial charge >= 0.3 is 0 Å². The maximum atomic E-state index is 13.2. The van der Waals surface area contributed by atoms with E-state index in [1.807, 2.05) is 26.0 Å². The second-order valence-electron chi connectivity index (χ2n) is 7.57. The number of thiophene rings is 1. The molecule has 6 heteroatoms. The fourth-order valence-corrected chi connectivity index (χ4v) is 4.75.